The maximum absolute atomic E-state index is 12.5. The molecule has 1 aromatic carbocycles. The lowest BCUT2D eigenvalue weighted by molar-refractivity contribution is -0.139. The van der Waals surface area contributed by atoms with Crippen molar-refractivity contribution in [1.82, 2.24) is 9.88 Å². The van der Waals surface area contributed by atoms with E-state index in [2.05, 4.69) is 28.1 Å². The van der Waals surface area contributed by atoms with E-state index in [0.717, 1.165) is 50.4 Å². The van der Waals surface area contributed by atoms with Gasteiger partial charge in [0.05, 0.1) is 5.56 Å². The number of amides is 1. The zero-order valence-electron chi connectivity index (χ0n) is 16.4. The average molecular weight is 374 g/mol. The maximum Gasteiger partial charge on any atom is 0.222 e. The number of aryl methyl sites for hydroxylation is 1. The summed E-state index contributed by atoms with van der Waals surface area (Å²) in [6, 6.07) is 16.3. The lowest BCUT2D eigenvalue weighted by Crippen LogP contribution is -2.51. The molecule has 5 heteroatoms. The van der Waals surface area contributed by atoms with E-state index in [1.165, 1.54) is 5.56 Å². The monoisotopic (exact) mass is 374 g/mol. The van der Waals surface area contributed by atoms with Gasteiger partial charge < -0.3 is 9.80 Å². The zero-order chi connectivity index (χ0) is 19.6. The second kappa shape index (κ2) is 7.63. The van der Waals surface area contributed by atoms with E-state index >= 15 is 0 Å². The third-order valence-corrected chi connectivity index (χ3v) is 6.22. The maximum atomic E-state index is 12.5. The lowest BCUT2D eigenvalue weighted by atomic mass is 9.72. The van der Waals surface area contributed by atoms with Crippen LogP contribution < -0.4 is 4.90 Å². The Morgan fingerprint density at radius 1 is 1.11 bits per heavy atom. The molecule has 1 amide bonds. The smallest absolute Gasteiger partial charge is 0.222 e. The molecule has 4 rings (SSSR count). The van der Waals surface area contributed by atoms with Crippen molar-refractivity contribution in [2.75, 3.05) is 24.5 Å². The second-order valence-electron chi connectivity index (χ2n) is 8.16. The van der Waals surface area contributed by atoms with Gasteiger partial charge in [-0.1, -0.05) is 30.3 Å². The van der Waals surface area contributed by atoms with Crippen LogP contribution in [0, 0.1) is 23.7 Å². The predicted octanol–water partition coefficient (Wildman–Crippen LogP) is 3.67. The van der Waals surface area contributed by atoms with Gasteiger partial charge in [-0.3, -0.25) is 4.79 Å². The Morgan fingerprint density at radius 2 is 1.86 bits per heavy atom. The molecule has 2 aliphatic rings. The fourth-order valence-corrected chi connectivity index (χ4v) is 4.52. The molecule has 0 radical (unpaired) electrons. The number of hydrogen-bond donors (Lipinski definition) is 0. The van der Waals surface area contributed by atoms with E-state index in [-0.39, 0.29) is 11.3 Å². The number of nitrogens with zero attached hydrogens (tertiary/aromatic N) is 4. The Kier molecular flexibility index (Phi) is 5.04. The van der Waals surface area contributed by atoms with Crippen molar-refractivity contribution < 1.29 is 4.79 Å². The number of pyridine rings is 1. The minimum atomic E-state index is 0.190. The van der Waals surface area contributed by atoms with Crippen molar-refractivity contribution >= 4 is 11.7 Å². The molecule has 2 aromatic rings. The van der Waals surface area contributed by atoms with Gasteiger partial charge in [0.2, 0.25) is 5.91 Å². The highest BCUT2D eigenvalue weighted by atomic mass is 16.2. The molecule has 0 unspecified atom stereocenters. The standard InChI is InChI=1S/C23H26N4O/c1-18-7-8-20(15-24)22(25-18)26-13-11-23(12-14-26)10-9-21(28)27(17-23)16-19-5-3-2-4-6-19/h2-8H,9-14,16-17H2,1H3. The van der Waals surface area contributed by atoms with Gasteiger partial charge in [0.25, 0.3) is 0 Å². The minimum Gasteiger partial charge on any atom is -0.355 e. The summed E-state index contributed by atoms with van der Waals surface area (Å²) >= 11 is 0. The fraction of sp³-hybridized carbons (Fsp3) is 0.435. The summed E-state index contributed by atoms with van der Waals surface area (Å²) in [6.45, 7) is 5.27. The molecule has 3 heterocycles. The van der Waals surface area contributed by atoms with Crippen LogP contribution in [0.1, 0.15) is 42.5 Å². The van der Waals surface area contributed by atoms with E-state index < -0.39 is 0 Å². The topological polar surface area (TPSA) is 60.2 Å². The highest BCUT2D eigenvalue weighted by Gasteiger charge is 2.41. The third-order valence-electron chi connectivity index (χ3n) is 6.22. The van der Waals surface area contributed by atoms with Crippen LogP contribution in [-0.2, 0) is 11.3 Å². The van der Waals surface area contributed by atoms with Crippen LogP contribution in [0.2, 0.25) is 0 Å². The van der Waals surface area contributed by atoms with Crippen molar-refractivity contribution in [1.29, 1.82) is 5.26 Å². The average Bonchev–Trinajstić information content (AvgIpc) is 2.72. The Morgan fingerprint density at radius 3 is 2.57 bits per heavy atom. The summed E-state index contributed by atoms with van der Waals surface area (Å²) in [5, 5.41) is 9.43. The van der Waals surface area contributed by atoms with Crippen molar-refractivity contribution in [2.45, 2.75) is 39.2 Å². The van der Waals surface area contributed by atoms with Crippen LogP contribution in [0.3, 0.4) is 0 Å². The van der Waals surface area contributed by atoms with Gasteiger partial charge in [0.1, 0.15) is 11.9 Å². The minimum absolute atomic E-state index is 0.190. The number of rotatable bonds is 3. The van der Waals surface area contributed by atoms with Crippen LogP contribution in [-0.4, -0.2) is 35.4 Å². The Bertz CT molecular complexity index is 895. The largest absolute Gasteiger partial charge is 0.355 e. The zero-order valence-corrected chi connectivity index (χ0v) is 16.4. The van der Waals surface area contributed by atoms with Crippen molar-refractivity contribution in [3.05, 3.63) is 59.3 Å². The number of piperidine rings is 2. The molecule has 1 aromatic heterocycles. The van der Waals surface area contributed by atoms with Crippen molar-refractivity contribution in [2.24, 2.45) is 5.41 Å². The van der Waals surface area contributed by atoms with E-state index in [1.807, 2.05) is 42.2 Å². The summed E-state index contributed by atoms with van der Waals surface area (Å²) in [7, 11) is 0. The van der Waals surface area contributed by atoms with Crippen LogP contribution in [0.15, 0.2) is 42.5 Å². The third kappa shape index (κ3) is 3.73. The number of anilines is 1. The predicted molar refractivity (Wildman–Crippen MR) is 109 cm³/mol. The molecule has 0 N–H and O–H groups in total. The number of likely N-dealkylation sites (tertiary alicyclic amines) is 1. The summed E-state index contributed by atoms with van der Waals surface area (Å²) in [5.74, 6) is 1.08. The Balaban J connectivity index is 1.45. The normalized spacial score (nSPS) is 18.9. The number of carbonyl (C=O) groups excluding carboxylic acids is 1. The summed E-state index contributed by atoms with van der Waals surface area (Å²) < 4.78 is 0. The first kappa shape index (κ1) is 18.5. The van der Waals surface area contributed by atoms with Gasteiger partial charge in [-0.2, -0.15) is 5.26 Å². The molecular weight excluding hydrogens is 348 g/mol. The summed E-state index contributed by atoms with van der Waals surface area (Å²) in [4.78, 5) is 21.4. The first-order valence-corrected chi connectivity index (χ1v) is 10.0. The van der Waals surface area contributed by atoms with Crippen LogP contribution in [0.4, 0.5) is 5.82 Å². The molecule has 2 fully saturated rings. The number of hydrogen-bond acceptors (Lipinski definition) is 4. The molecule has 0 aliphatic carbocycles. The van der Waals surface area contributed by atoms with Gasteiger partial charge in [0, 0.05) is 38.3 Å². The highest BCUT2D eigenvalue weighted by Crippen LogP contribution is 2.41. The van der Waals surface area contributed by atoms with E-state index in [1.54, 1.807) is 0 Å². The Labute approximate surface area is 166 Å². The Hall–Kier alpha value is -2.87. The lowest BCUT2D eigenvalue weighted by Gasteiger charge is -2.47. The molecule has 0 atom stereocenters. The second-order valence-corrected chi connectivity index (χ2v) is 8.16. The van der Waals surface area contributed by atoms with Crippen molar-refractivity contribution in [3.63, 3.8) is 0 Å². The van der Waals surface area contributed by atoms with Gasteiger partial charge in [-0.25, -0.2) is 4.98 Å². The van der Waals surface area contributed by atoms with Crippen LogP contribution in [0.25, 0.3) is 0 Å². The number of nitriles is 1. The fourth-order valence-electron chi connectivity index (χ4n) is 4.52. The molecule has 2 saturated heterocycles. The number of aromatic nitrogens is 1. The molecule has 28 heavy (non-hydrogen) atoms. The quantitative estimate of drug-likeness (QED) is 0.822. The van der Waals surface area contributed by atoms with Gasteiger partial charge in [-0.05, 0) is 49.3 Å². The van der Waals surface area contributed by atoms with Gasteiger partial charge in [-0.15, -0.1) is 0 Å². The molecule has 1 spiro atoms. The molecular formula is C23H26N4O. The summed E-state index contributed by atoms with van der Waals surface area (Å²) in [6.07, 6.45) is 3.68. The number of carbonyl (C=O) groups is 1. The first-order valence-electron chi connectivity index (χ1n) is 10.0. The molecule has 5 nitrogen and oxygen atoms in total. The van der Waals surface area contributed by atoms with E-state index in [4.69, 9.17) is 0 Å². The SMILES string of the molecule is Cc1ccc(C#N)c(N2CCC3(CCC(=O)N(Cc4ccccc4)C3)CC2)n1. The van der Waals surface area contributed by atoms with Gasteiger partial charge >= 0.3 is 0 Å². The highest BCUT2D eigenvalue weighted by molar-refractivity contribution is 5.77. The van der Waals surface area contributed by atoms with Crippen molar-refractivity contribution in [3.8, 4) is 6.07 Å². The molecule has 0 bridgehead atoms. The number of benzene rings is 1. The molecule has 144 valence electrons. The van der Waals surface area contributed by atoms with Crippen LogP contribution in [0.5, 0.6) is 0 Å². The van der Waals surface area contributed by atoms with Crippen LogP contribution >= 0.6 is 0 Å². The van der Waals surface area contributed by atoms with Gasteiger partial charge in [0.15, 0.2) is 0 Å². The first-order chi connectivity index (χ1) is 13.6. The van der Waals surface area contributed by atoms with E-state index in [0.29, 0.717) is 18.5 Å². The molecule has 0 saturated carbocycles. The van der Waals surface area contributed by atoms with E-state index in [9.17, 15) is 10.1 Å². The molecule has 2 aliphatic heterocycles. The summed E-state index contributed by atoms with van der Waals surface area (Å²) in [5.41, 5.74) is 2.96.